The van der Waals surface area contributed by atoms with E-state index in [9.17, 15) is 4.79 Å². The maximum absolute atomic E-state index is 10.2. The summed E-state index contributed by atoms with van der Waals surface area (Å²) in [6.07, 6.45) is 11.5. The second-order valence-electron chi connectivity index (χ2n) is 4.92. The van der Waals surface area contributed by atoms with Gasteiger partial charge in [0.15, 0.2) is 0 Å². The van der Waals surface area contributed by atoms with Gasteiger partial charge < -0.3 is 10.4 Å². The molecule has 0 aromatic carbocycles. The number of hydrogen-bond acceptors (Lipinski definition) is 4. The van der Waals surface area contributed by atoms with E-state index in [-0.39, 0.29) is 0 Å². The second-order valence-corrected chi connectivity index (χ2v) is 5.82. The number of carboxylic acids is 1. The fourth-order valence-electron chi connectivity index (χ4n) is 1.59. The van der Waals surface area contributed by atoms with E-state index in [4.69, 9.17) is 22.6 Å². The molecule has 0 heterocycles. The number of unbranched alkanes of at least 4 members (excludes halogenated alkanes) is 8. The van der Waals surface area contributed by atoms with Gasteiger partial charge in [-0.05, 0) is 20.5 Å². The Morgan fingerprint density at radius 1 is 0.864 bits per heavy atom. The first-order valence-corrected chi connectivity index (χ1v) is 9.08. The van der Waals surface area contributed by atoms with E-state index < -0.39 is 16.4 Å². The van der Waals surface area contributed by atoms with Crippen LogP contribution in [0.5, 0.6) is 0 Å². The molecular weight excluding hydrogens is 310 g/mol. The Morgan fingerprint density at radius 2 is 1.14 bits per heavy atom. The van der Waals surface area contributed by atoms with Crippen molar-refractivity contribution in [2.45, 2.75) is 71.1 Å². The summed E-state index contributed by atoms with van der Waals surface area (Å²) in [4.78, 5) is 10.2. The summed E-state index contributed by atoms with van der Waals surface area (Å²) in [5.41, 5.74) is 0. The predicted molar refractivity (Wildman–Crippen MR) is 88.6 cm³/mol. The predicted octanol–water partition coefficient (Wildman–Crippen LogP) is 3.17. The fraction of sp³-hybridized carbons (Fsp3) is 0.929. The van der Waals surface area contributed by atoms with Crippen LogP contribution in [0.2, 0.25) is 0 Å². The molecule has 0 saturated heterocycles. The molecule has 0 aliphatic rings. The Hall–Kier alpha value is -0.700. The normalized spacial score (nSPS) is 10.0. The number of nitrogens with one attached hydrogen (secondary N) is 1. The van der Waals surface area contributed by atoms with Crippen LogP contribution < -0.4 is 5.32 Å². The van der Waals surface area contributed by atoms with Crippen molar-refractivity contribution in [1.29, 1.82) is 0 Å². The molecule has 7 nitrogen and oxygen atoms in total. The summed E-state index contributed by atoms with van der Waals surface area (Å²) in [5, 5.41) is 11.2. The summed E-state index contributed by atoms with van der Waals surface area (Å²) in [7, 11) is -0.917. The zero-order valence-corrected chi connectivity index (χ0v) is 14.9. The van der Waals surface area contributed by atoms with Crippen molar-refractivity contribution in [1.82, 2.24) is 5.32 Å². The van der Waals surface area contributed by atoms with Gasteiger partial charge in [0.05, 0.1) is 0 Å². The molecular formula is C14H33NO6S. The molecule has 0 aromatic heterocycles. The van der Waals surface area contributed by atoms with Crippen LogP contribution in [0.3, 0.4) is 0 Å². The minimum Gasteiger partial charge on any atom is -0.481 e. The molecule has 0 unspecified atom stereocenters. The first-order chi connectivity index (χ1) is 10.2. The van der Waals surface area contributed by atoms with Crippen LogP contribution in [0.4, 0.5) is 0 Å². The SMILES string of the molecule is CCCCCCCCCCCC(=O)O.CNC.O=S(=O)(O)O. The standard InChI is InChI=1S/C12H24O2.C2H7N.H2O4S/c1-2-3-4-5-6-7-8-9-10-11-12(13)14;1-3-2;1-5(2,3)4/h2-11H2,1H3,(H,13,14);3H,1-2H3;(H2,1,2,3,4). The molecule has 8 heteroatoms. The van der Waals surface area contributed by atoms with Gasteiger partial charge in [-0.15, -0.1) is 0 Å². The van der Waals surface area contributed by atoms with E-state index in [1.54, 1.807) is 0 Å². The summed E-state index contributed by atoms with van der Waals surface area (Å²) in [5.74, 6) is -0.659. The lowest BCUT2D eigenvalue weighted by Gasteiger charge is -2.00. The van der Waals surface area contributed by atoms with Gasteiger partial charge in [0.25, 0.3) is 0 Å². The molecule has 0 aliphatic heterocycles. The molecule has 0 atom stereocenters. The quantitative estimate of drug-likeness (QED) is 0.355. The lowest BCUT2D eigenvalue weighted by atomic mass is 10.1. The van der Waals surface area contributed by atoms with E-state index in [0.29, 0.717) is 6.42 Å². The maximum atomic E-state index is 10.2. The van der Waals surface area contributed by atoms with E-state index >= 15 is 0 Å². The average Bonchev–Trinajstić information content (AvgIpc) is 2.35. The number of carboxylic acid groups (broad SMARTS) is 1. The molecule has 0 amide bonds. The highest BCUT2D eigenvalue weighted by molar-refractivity contribution is 7.79. The summed E-state index contributed by atoms with van der Waals surface area (Å²) in [6, 6.07) is 0. The zero-order valence-electron chi connectivity index (χ0n) is 14.0. The highest BCUT2D eigenvalue weighted by Gasteiger charge is 1.96. The van der Waals surface area contributed by atoms with Gasteiger partial charge in [-0.2, -0.15) is 8.42 Å². The summed E-state index contributed by atoms with van der Waals surface area (Å²) < 4.78 is 31.6. The van der Waals surface area contributed by atoms with Gasteiger partial charge in [-0.3, -0.25) is 13.9 Å². The van der Waals surface area contributed by atoms with Gasteiger partial charge in [0.1, 0.15) is 0 Å². The Bertz CT molecular complexity index is 311. The van der Waals surface area contributed by atoms with Crippen molar-refractivity contribution in [3.05, 3.63) is 0 Å². The smallest absolute Gasteiger partial charge is 0.394 e. The minimum absolute atomic E-state index is 0.343. The van der Waals surface area contributed by atoms with Crippen LogP contribution in [0.1, 0.15) is 71.1 Å². The first kappa shape index (κ1) is 26.2. The van der Waals surface area contributed by atoms with Crippen LogP contribution >= 0.6 is 0 Å². The third-order valence-corrected chi connectivity index (χ3v) is 2.49. The molecule has 0 aliphatic carbocycles. The monoisotopic (exact) mass is 343 g/mol. The van der Waals surface area contributed by atoms with E-state index in [1.165, 1.54) is 44.9 Å². The Balaban J connectivity index is -0.000000373. The maximum Gasteiger partial charge on any atom is 0.394 e. The molecule has 0 spiro atoms. The summed E-state index contributed by atoms with van der Waals surface area (Å²) in [6.45, 7) is 2.23. The fourth-order valence-corrected chi connectivity index (χ4v) is 1.59. The van der Waals surface area contributed by atoms with Gasteiger partial charge in [0, 0.05) is 6.42 Å². The largest absolute Gasteiger partial charge is 0.481 e. The third kappa shape index (κ3) is 60.9. The average molecular weight is 343 g/mol. The third-order valence-electron chi connectivity index (χ3n) is 2.49. The van der Waals surface area contributed by atoms with Gasteiger partial charge in [-0.25, -0.2) is 0 Å². The van der Waals surface area contributed by atoms with Crippen LogP contribution in [0.25, 0.3) is 0 Å². The van der Waals surface area contributed by atoms with Crippen molar-refractivity contribution in [3.8, 4) is 0 Å². The molecule has 0 rings (SSSR count). The number of aliphatic carboxylic acids is 1. The van der Waals surface area contributed by atoms with Crippen molar-refractivity contribution in [2.24, 2.45) is 0 Å². The molecule has 4 N–H and O–H groups in total. The number of carbonyl (C=O) groups is 1. The highest BCUT2D eigenvalue weighted by Crippen LogP contribution is 2.10. The van der Waals surface area contributed by atoms with Crippen molar-refractivity contribution in [3.63, 3.8) is 0 Å². The van der Waals surface area contributed by atoms with Crippen molar-refractivity contribution in [2.75, 3.05) is 14.1 Å². The minimum atomic E-state index is -4.67. The Labute approximate surface area is 135 Å². The van der Waals surface area contributed by atoms with Crippen LogP contribution in [0.15, 0.2) is 0 Å². The number of rotatable bonds is 10. The van der Waals surface area contributed by atoms with Gasteiger partial charge >= 0.3 is 16.4 Å². The van der Waals surface area contributed by atoms with Crippen LogP contribution in [-0.4, -0.2) is 42.7 Å². The van der Waals surface area contributed by atoms with Gasteiger partial charge in [0.2, 0.25) is 0 Å². The van der Waals surface area contributed by atoms with E-state index in [0.717, 1.165) is 12.8 Å². The van der Waals surface area contributed by atoms with Crippen molar-refractivity contribution >= 4 is 16.4 Å². The highest BCUT2D eigenvalue weighted by atomic mass is 32.3. The summed E-state index contributed by atoms with van der Waals surface area (Å²) >= 11 is 0. The lowest BCUT2D eigenvalue weighted by molar-refractivity contribution is -0.137. The molecule has 0 fully saturated rings. The number of hydrogen-bond donors (Lipinski definition) is 4. The van der Waals surface area contributed by atoms with Crippen LogP contribution in [-0.2, 0) is 15.2 Å². The molecule has 22 heavy (non-hydrogen) atoms. The van der Waals surface area contributed by atoms with Crippen LogP contribution in [0, 0.1) is 0 Å². The molecule has 0 radical (unpaired) electrons. The van der Waals surface area contributed by atoms with Crippen molar-refractivity contribution < 1.29 is 27.4 Å². The first-order valence-electron chi connectivity index (χ1n) is 7.69. The van der Waals surface area contributed by atoms with E-state index in [2.05, 4.69) is 12.2 Å². The Morgan fingerprint density at radius 3 is 1.41 bits per heavy atom. The topological polar surface area (TPSA) is 124 Å². The molecule has 0 bridgehead atoms. The molecule has 0 aromatic rings. The molecule has 0 saturated carbocycles. The Kier molecular flexibility index (Phi) is 24.2. The van der Waals surface area contributed by atoms with E-state index in [1.807, 2.05) is 14.1 Å². The lowest BCUT2D eigenvalue weighted by Crippen LogP contribution is -1.93. The second kappa shape index (κ2) is 20.3. The van der Waals surface area contributed by atoms with Gasteiger partial charge in [-0.1, -0.05) is 58.3 Å². The zero-order chi connectivity index (χ0) is 17.9. The molecule has 136 valence electrons.